The Hall–Kier alpha value is -1.75. The molecule has 1 aliphatic heterocycles. The molecule has 0 radical (unpaired) electrons. The van der Waals surface area contributed by atoms with E-state index >= 15 is 0 Å². The van der Waals surface area contributed by atoms with Gasteiger partial charge in [-0.1, -0.05) is 0 Å². The molecule has 0 spiro atoms. The van der Waals surface area contributed by atoms with E-state index in [1.807, 2.05) is 27.7 Å². The minimum atomic E-state index is -0.521. The molecule has 0 bridgehead atoms. The van der Waals surface area contributed by atoms with Crippen LogP contribution in [-0.4, -0.2) is 30.4 Å². The quantitative estimate of drug-likeness (QED) is 0.685. The highest BCUT2D eigenvalue weighted by molar-refractivity contribution is 5.95. The zero-order chi connectivity index (χ0) is 15.8. The Morgan fingerprint density at radius 1 is 1.33 bits per heavy atom. The van der Waals surface area contributed by atoms with Crippen molar-refractivity contribution in [2.75, 3.05) is 12.8 Å². The number of esters is 1. The van der Waals surface area contributed by atoms with Gasteiger partial charge in [-0.2, -0.15) is 0 Å². The van der Waals surface area contributed by atoms with Gasteiger partial charge in [-0.05, 0) is 45.9 Å². The van der Waals surface area contributed by atoms with E-state index in [0.717, 1.165) is 0 Å². The Labute approximate surface area is 125 Å². The van der Waals surface area contributed by atoms with E-state index in [4.69, 9.17) is 19.9 Å². The summed E-state index contributed by atoms with van der Waals surface area (Å²) < 4.78 is 16.7. The van der Waals surface area contributed by atoms with Gasteiger partial charge in [0.25, 0.3) is 0 Å². The van der Waals surface area contributed by atoms with Crippen molar-refractivity contribution >= 4 is 11.7 Å². The molecule has 1 aliphatic rings. The molecule has 0 aromatic heterocycles. The smallest absolute Gasteiger partial charge is 0.340 e. The Kier molecular flexibility index (Phi) is 3.89. The third-order valence-electron chi connectivity index (χ3n) is 3.72. The molecule has 116 valence electrons. The van der Waals surface area contributed by atoms with Gasteiger partial charge in [0, 0.05) is 12.1 Å². The van der Waals surface area contributed by atoms with Gasteiger partial charge in [-0.25, -0.2) is 4.79 Å². The second-order valence-corrected chi connectivity index (χ2v) is 6.52. The first-order chi connectivity index (χ1) is 9.64. The molecule has 1 atom stereocenters. The first kappa shape index (κ1) is 15.6. The lowest BCUT2D eigenvalue weighted by Gasteiger charge is -2.26. The van der Waals surface area contributed by atoms with Crippen molar-refractivity contribution in [3.8, 4) is 5.75 Å². The van der Waals surface area contributed by atoms with Crippen LogP contribution in [0.3, 0.4) is 0 Å². The third kappa shape index (κ3) is 3.29. The molecule has 5 nitrogen and oxygen atoms in total. The molecule has 1 unspecified atom stereocenters. The SMILES string of the molecule is COc1ccc(N)c(C(=O)OC2CC(C)(C)OC2(C)C)c1. The van der Waals surface area contributed by atoms with Crippen LogP contribution < -0.4 is 10.5 Å². The molecule has 1 aromatic carbocycles. The van der Waals surface area contributed by atoms with Gasteiger partial charge in [0.2, 0.25) is 0 Å². The van der Waals surface area contributed by atoms with Gasteiger partial charge < -0.3 is 19.9 Å². The lowest BCUT2D eigenvalue weighted by molar-refractivity contribution is -0.0924. The summed E-state index contributed by atoms with van der Waals surface area (Å²) in [5.41, 5.74) is 5.71. The first-order valence-electron chi connectivity index (χ1n) is 6.99. The standard InChI is InChI=1S/C16H23NO4/c1-15(2)9-13(16(3,4)21-15)20-14(18)11-8-10(19-5)6-7-12(11)17/h6-8,13H,9,17H2,1-5H3. The number of rotatable bonds is 3. The van der Waals surface area contributed by atoms with Gasteiger partial charge in [0.1, 0.15) is 17.5 Å². The molecule has 2 rings (SSSR count). The number of methoxy groups -OCH3 is 1. The maximum absolute atomic E-state index is 12.4. The highest BCUT2D eigenvalue weighted by Crippen LogP contribution is 2.39. The Morgan fingerprint density at radius 2 is 2.00 bits per heavy atom. The molecule has 1 saturated heterocycles. The van der Waals surface area contributed by atoms with Crippen LogP contribution in [0.5, 0.6) is 5.75 Å². The number of nitrogen functional groups attached to an aromatic ring is 1. The van der Waals surface area contributed by atoms with Gasteiger partial charge in [0.05, 0.1) is 18.3 Å². The van der Waals surface area contributed by atoms with E-state index in [-0.39, 0.29) is 11.7 Å². The average molecular weight is 293 g/mol. The molecular formula is C16H23NO4. The van der Waals surface area contributed by atoms with Crippen LogP contribution in [-0.2, 0) is 9.47 Å². The van der Waals surface area contributed by atoms with E-state index in [1.54, 1.807) is 18.2 Å². The van der Waals surface area contributed by atoms with Crippen LogP contribution >= 0.6 is 0 Å². The van der Waals surface area contributed by atoms with Crippen LogP contribution in [0.1, 0.15) is 44.5 Å². The summed E-state index contributed by atoms with van der Waals surface area (Å²) in [6.45, 7) is 7.83. The summed E-state index contributed by atoms with van der Waals surface area (Å²) in [4.78, 5) is 12.4. The summed E-state index contributed by atoms with van der Waals surface area (Å²) in [7, 11) is 1.54. The zero-order valence-corrected chi connectivity index (χ0v) is 13.2. The maximum Gasteiger partial charge on any atom is 0.340 e. The summed E-state index contributed by atoms with van der Waals surface area (Å²) >= 11 is 0. The molecule has 0 saturated carbocycles. The summed E-state index contributed by atoms with van der Waals surface area (Å²) in [6.07, 6.45) is 0.334. The van der Waals surface area contributed by atoms with Crippen molar-refractivity contribution in [1.29, 1.82) is 0 Å². The van der Waals surface area contributed by atoms with Crippen LogP contribution in [0.2, 0.25) is 0 Å². The van der Waals surface area contributed by atoms with Crippen molar-refractivity contribution in [3.05, 3.63) is 23.8 Å². The van der Waals surface area contributed by atoms with E-state index in [2.05, 4.69) is 0 Å². The number of hydrogen-bond acceptors (Lipinski definition) is 5. The number of ether oxygens (including phenoxy) is 3. The fourth-order valence-corrected chi connectivity index (χ4v) is 2.73. The fraction of sp³-hybridized carbons (Fsp3) is 0.562. The monoisotopic (exact) mass is 293 g/mol. The molecule has 1 aromatic rings. The predicted molar refractivity (Wildman–Crippen MR) is 80.5 cm³/mol. The number of nitrogens with two attached hydrogens (primary N) is 1. The van der Waals surface area contributed by atoms with Gasteiger partial charge >= 0.3 is 5.97 Å². The van der Waals surface area contributed by atoms with Crippen molar-refractivity contribution in [2.45, 2.75) is 51.4 Å². The number of carbonyl (C=O) groups is 1. The van der Waals surface area contributed by atoms with Gasteiger partial charge in [-0.15, -0.1) is 0 Å². The molecule has 2 N–H and O–H groups in total. The number of carbonyl (C=O) groups excluding carboxylic acids is 1. The number of benzene rings is 1. The van der Waals surface area contributed by atoms with Crippen molar-refractivity contribution in [2.24, 2.45) is 0 Å². The average Bonchev–Trinajstić information content (AvgIpc) is 2.57. The molecule has 5 heteroatoms. The second-order valence-electron chi connectivity index (χ2n) is 6.52. The third-order valence-corrected chi connectivity index (χ3v) is 3.72. The first-order valence-corrected chi connectivity index (χ1v) is 6.99. The molecule has 1 heterocycles. The maximum atomic E-state index is 12.4. The lowest BCUT2D eigenvalue weighted by atomic mass is 9.97. The molecular weight excluding hydrogens is 270 g/mol. The van der Waals surface area contributed by atoms with Crippen LogP contribution in [0, 0.1) is 0 Å². The molecule has 0 amide bonds. The zero-order valence-electron chi connectivity index (χ0n) is 13.2. The minimum absolute atomic E-state index is 0.311. The summed E-state index contributed by atoms with van der Waals surface area (Å²) in [5, 5.41) is 0. The molecule has 0 aliphatic carbocycles. The van der Waals surface area contributed by atoms with E-state index in [0.29, 0.717) is 23.4 Å². The van der Waals surface area contributed by atoms with Crippen LogP contribution in [0.15, 0.2) is 18.2 Å². The fourth-order valence-electron chi connectivity index (χ4n) is 2.73. The number of hydrogen-bond donors (Lipinski definition) is 1. The van der Waals surface area contributed by atoms with Crippen molar-refractivity contribution in [3.63, 3.8) is 0 Å². The summed E-state index contributed by atoms with van der Waals surface area (Å²) in [5.74, 6) is 0.115. The normalized spacial score (nSPS) is 22.8. The van der Waals surface area contributed by atoms with Gasteiger partial charge in [0.15, 0.2) is 0 Å². The minimum Gasteiger partial charge on any atom is -0.497 e. The number of anilines is 1. The Balaban J connectivity index is 2.19. The van der Waals surface area contributed by atoms with Crippen molar-refractivity contribution in [1.82, 2.24) is 0 Å². The highest BCUT2D eigenvalue weighted by Gasteiger charge is 2.48. The molecule has 21 heavy (non-hydrogen) atoms. The topological polar surface area (TPSA) is 70.8 Å². The largest absolute Gasteiger partial charge is 0.497 e. The highest BCUT2D eigenvalue weighted by atomic mass is 16.6. The van der Waals surface area contributed by atoms with E-state index < -0.39 is 11.6 Å². The van der Waals surface area contributed by atoms with Crippen LogP contribution in [0.25, 0.3) is 0 Å². The lowest BCUT2D eigenvalue weighted by Crippen LogP contribution is -2.36. The summed E-state index contributed by atoms with van der Waals surface area (Å²) in [6, 6.07) is 4.93. The van der Waals surface area contributed by atoms with Gasteiger partial charge in [-0.3, -0.25) is 0 Å². The van der Waals surface area contributed by atoms with E-state index in [9.17, 15) is 4.79 Å². The second kappa shape index (κ2) is 5.22. The Morgan fingerprint density at radius 3 is 2.52 bits per heavy atom. The van der Waals surface area contributed by atoms with Crippen molar-refractivity contribution < 1.29 is 19.0 Å². The van der Waals surface area contributed by atoms with E-state index in [1.165, 1.54) is 7.11 Å². The van der Waals surface area contributed by atoms with Crippen LogP contribution in [0.4, 0.5) is 5.69 Å². The Bertz CT molecular complexity index is 551. The predicted octanol–water partition coefficient (Wildman–Crippen LogP) is 2.78. The molecule has 1 fully saturated rings.